The molecule has 0 saturated heterocycles. The fraction of sp³-hybridized carbons (Fsp3) is 0.412. The SMILES string of the molecule is Cc1cc2c(o1)CN(C)CC2Oc1cc(C)c(Br)c(C)c1.Cl. The Labute approximate surface area is 146 Å². The summed E-state index contributed by atoms with van der Waals surface area (Å²) in [5, 5.41) is 0. The van der Waals surface area contributed by atoms with Crippen LogP contribution in [-0.2, 0) is 6.54 Å². The number of halogens is 2. The second-order valence-corrected chi connectivity index (χ2v) is 6.70. The second-order valence-electron chi connectivity index (χ2n) is 5.91. The van der Waals surface area contributed by atoms with Gasteiger partial charge >= 0.3 is 0 Å². The van der Waals surface area contributed by atoms with E-state index >= 15 is 0 Å². The predicted molar refractivity (Wildman–Crippen MR) is 94.0 cm³/mol. The highest BCUT2D eigenvalue weighted by Gasteiger charge is 2.28. The molecule has 0 saturated carbocycles. The molecule has 120 valence electrons. The summed E-state index contributed by atoms with van der Waals surface area (Å²) in [4.78, 5) is 2.23. The molecule has 3 rings (SSSR count). The molecule has 0 fully saturated rings. The number of ether oxygens (including phenoxy) is 1. The number of furan rings is 1. The van der Waals surface area contributed by atoms with Crippen molar-refractivity contribution in [1.82, 2.24) is 4.90 Å². The molecule has 0 N–H and O–H groups in total. The molecule has 5 heteroatoms. The molecule has 1 aliphatic heterocycles. The molecule has 0 amide bonds. The number of hydrogen-bond donors (Lipinski definition) is 0. The number of benzene rings is 1. The van der Waals surface area contributed by atoms with Crippen molar-refractivity contribution in [2.24, 2.45) is 0 Å². The molecule has 0 spiro atoms. The second kappa shape index (κ2) is 6.65. The quantitative estimate of drug-likeness (QED) is 0.730. The number of hydrogen-bond acceptors (Lipinski definition) is 3. The Bertz CT molecular complexity index is 660. The Kier molecular flexibility index (Phi) is 5.25. The number of fused-ring (bicyclic) bond motifs is 1. The van der Waals surface area contributed by atoms with E-state index in [1.807, 2.05) is 6.92 Å². The van der Waals surface area contributed by atoms with Crippen LogP contribution in [-0.4, -0.2) is 18.5 Å². The lowest BCUT2D eigenvalue weighted by Gasteiger charge is -2.29. The van der Waals surface area contributed by atoms with Crippen LogP contribution in [0.5, 0.6) is 5.75 Å². The van der Waals surface area contributed by atoms with Gasteiger partial charge in [0.2, 0.25) is 0 Å². The zero-order valence-corrected chi connectivity index (χ0v) is 15.7. The summed E-state index contributed by atoms with van der Waals surface area (Å²) in [6.07, 6.45) is 0.0242. The molecule has 3 nitrogen and oxygen atoms in total. The largest absolute Gasteiger partial charge is 0.484 e. The van der Waals surface area contributed by atoms with Crippen LogP contribution in [0.25, 0.3) is 0 Å². The van der Waals surface area contributed by atoms with Gasteiger partial charge in [-0.15, -0.1) is 12.4 Å². The summed E-state index contributed by atoms with van der Waals surface area (Å²) in [5.41, 5.74) is 3.57. The van der Waals surface area contributed by atoms with Crippen LogP contribution in [0.15, 0.2) is 27.1 Å². The average molecular weight is 387 g/mol. The van der Waals surface area contributed by atoms with E-state index in [1.54, 1.807) is 0 Å². The van der Waals surface area contributed by atoms with Gasteiger partial charge in [-0.25, -0.2) is 0 Å². The average Bonchev–Trinajstić information content (AvgIpc) is 2.76. The van der Waals surface area contributed by atoms with E-state index < -0.39 is 0 Å². The normalized spacial score (nSPS) is 17.8. The lowest BCUT2D eigenvalue weighted by atomic mass is 10.0. The van der Waals surface area contributed by atoms with Crippen molar-refractivity contribution in [2.45, 2.75) is 33.4 Å². The van der Waals surface area contributed by atoms with Gasteiger partial charge in [0, 0.05) is 16.6 Å². The van der Waals surface area contributed by atoms with Gasteiger partial charge in [0.25, 0.3) is 0 Å². The van der Waals surface area contributed by atoms with Crippen LogP contribution in [0.4, 0.5) is 0 Å². The van der Waals surface area contributed by atoms with E-state index in [2.05, 4.69) is 59.9 Å². The molecular formula is C17H21BrClNO2. The number of rotatable bonds is 2. The Morgan fingerprint density at radius 3 is 2.45 bits per heavy atom. The molecule has 1 aliphatic rings. The summed E-state index contributed by atoms with van der Waals surface area (Å²) < 4.78 is 13.2. The summed E-state index contributed by atoms with van der Waals surface area (Å²) in [6, 6.07) is 6.27. The first-order valence-electron chi connectivity index (χ1n) is 7.15. The molecule has 1 atom stereocenters. The van der Waals surface area contributed by atoms with Gasteiger partial charge in [-0.3, -0.25) is 4.90 Å². The smallest absolute Gasteiger partial charge is 0.140 e. The third-order valence-electron chi connectivity index (χ3n) is 3.89. The molecule has 1 aromatic carbocycles. The maximum absolute atomic E-state index is 6.26. The van der Waals surface area contributed by atoms with Crippen LogP contribution in [0.2, 0.25) is 0 Å². The minimum Gasteiger partial charge on any atom is -0.484 e. The van der Waals surface area contributed by atoms with Crippen LogP contribution >= 0.6 is 28.3 Å². The summed E-state index contributed by atoms with van der Waals surface area (Å²) >= 11 is 3.60. The van der Waals surface area contributed by atoms with Gasteiger partial charge in [-0.2, -0.15) is 0 Å². The maximum atomic E-state index is 6.26. The van der Waals surface area contributed by atoms with E-state index in [9.17, 15) is 0 Å². The molecule has 2 heterocycles. The van der Waals surface area contributed by atoms with Gasteiger partial charge in [-0.05, 0) is 57.1 Å². The Morgan fingerprint density at radius 1 is 1.18 bits per heavy atom. The van der Waals surface area contributed by atoms with Crippen LogP contribution in [0.1, 0.15) is 34.3 Å². The van der Waals surface area contributed by atoms with Gasteiger partial charge in [0.05, 0.1) is 6.54 Å². The van der Waals surface area contributed by atoms with Crippen molar-refractivity contribution >= 4 is 28.3 Å². The van der Waals surface area contributed by atoms with E-state index in [-0.39, 0.29) is 18.5 Å². The first kappa shape index (κ1) is 17.4. The fourth-order valence-electron chi connectivity index (χ4n) is 2.91. The van der Waals surface area contributed by atoms with Crippen molar-refractivity contribution in [1.29, 1.82) is 0 Å². The molecule has 2 aromatic rings. The zero-order valence-electron chi connectivity index (χ0n) is 13.3. The van der Waals surface area contributed by atoms with Crippen molar-refractivity contribution < 1.29 is 9.15 Å². The number of aryl methyl sites for hydroxylation is 3. The molecule has 0 radical (unpaired) electrons. The molecule has 1 unspecified atom stereocenters. The molecular weight excluding hydrogens is 366 g/mol. The van der Waals surface area contributed by atoms with E-state index in [0.29, 0.717) is 0 Å². The van der Waals surface area contributed by atoms with Gasteiger partial charge in [-0.1, -0.05) is 15.9 Å². The number of nitrogens with zero attached hydrogens (tertiary/aromatic N) is 1. The Morgan fingerprint density at radius 2 is 1.82 bits per heavy atom. The maximum Gasteiger partial charge on any atom is 0.140 e. The highest BCUT2D eigenvalue weighted by atomic mass is 79.9. The molecule has 0 bridgehead atoms. The summed E-state index contributed by atoms with van der Waals surface area (Å²) in [7, 11) is 2.09. The summed E-state index contributed by atoms with van der Waals surface area (Å²) in [6.45, 7) is 7.89. The third kappa shape index (κ3) is 3.34. The van der Waals surface area contributed by atoms with Crippen LogP contribution < -0.4 is 4.74 Å². The monoisotopic (exact) mass is 385 g/mol. The molecule has 1 aromatic heterocycles. The van der Waals surface area contributed by atoms with E-state index in [0.717, 1.165) is 34.8 Å². The fourth-order valence-corrected chi connectivity index (χ4v) is 3.14. The number of likely N-dealkylation sites (N-methyl/N-ethyl adjacent to an activating group) is 1. The minimum absolute atomic E-state index is 0. The standard InChI is InChI=1S/C17H20BrNO2.ClH/c1-10-5-13(6-11(2)17(10)18)21-16-9-19(4)8-15-14(16)7-12(3)20-15;/h5-7,16H,8-9H2,1-4H3;1H. The van der Waals surface area contributed by atoms with Gasteiger partial charge in [0.1, 0.15) is 23.4 Å². The van der Waals surface area contributed by atoms with Gasteiger partial charge in [0.15, 0.2) is 0 Å². The van der Waals surface area contributed by atoms with E-state index in [4.69, 9.17) is 9.15 Å². The van der Waals surface area contributed by atoms with Crippen LogP contribution in [0.3, 0.4) is 0 Å². The first-order valence-corrected chi connectivity index (χ1v) is 7.94. The topological polar surface area (TPSA) is 25.6 Å². The van der Waals surface area contributed by atoms with Gasteiger partial charge < -0.3 is 9.15 Å². The lowest BCUT2D eigenvalue weighted by molar-refractivity contribution is 0.119. The van der Waals surface area contributed by atoms with E-state index in [1.165, 1.54) is 16.7 Å². The minimum atomic E-state index is 0. The highest BCUT2D eigenvalue weighted by Crippen LogP contribution is 2.34. The zero-order chi connectivity index (χ0) is 15.1. The third-order valence-corrected chi connectivity index (χ3v) is 5.14. The Hall–Kier alpha value is -0.970. The van der Waals surface area contributed by atoms with Crippen LogP contribution in [0, 0.1) is 20.8 Å². The summed E-state index contributed by atoms with van der Waals surface area (Å²) in [5.74, 6) is 2.89. The Balaban J connectivity index is 0.00000176. The lowest BCUT2D eigenvalue weighted by Crippen LogP contribution is -2.32. The molecule has 22 heavy (non-hydrogen) atoms. The van der Waals surface area contributed by atoms with Crippen molar-refractivity contribution in [2.75, 3.05) is 13.6 Å². The van der Waals surface area contributed by atoms with Crippen molar-refractivity contribution in [3.63, 3.8) is 0 Å². The highest BCUT2D eigenvalue weighted by molar-refractivity contribution is 9.10. The molecule has 0 aliphatic carbocycles. The van der Waals surface area contributed by atoms with Crippen molar-refractivity contribution in [3.05, 3.63) is 50.9 Å². The predicted octanol–water partition coefficient (Wildman–Crippen LogP) is 4.95. The first-order chi connectivity index (χ1) is 9.94. The van der Waals surface area contributed by atoms with Crippen molar-refractivity contribution in [3.8, 4) is 5.75 Å².